The van der Waals surface area contributed by atoms with Gasteiger partial charge in [-0.05, 0) is 12.8 Å². The molecule has 0 fully saturated rings. The summed E-state index contributed by atoms with van der Waals surface area (Å²) in [6.07, 6.45) is 3.54. The first kappa shape index (κ1) is 9.80. The lowest BCUT2D eigenvalue weighted by Gasteiger charge is -2.24. The Hall–Kier alpha value is -0.740. The van der Waals surface area contributed by atoms with Gasteiger partial charge in [0.15, 0.2) is 0 Å². The lowest BCUT2D eigenvalue weighted by atomic mass is 9.99. The highest BCUT2D eigenvalue weighted by Gasteiger charge is 2.34. The maximum absolute atomic E-state index is 11.4. The van der Waals surface area contributed by atoms with Crippen LogP contribution in [-0.2, 0) is 0 Å². The highest BCUT2D eigenvalue weighted by Crippen LogP contribution is 2.40. The van der Waals surface area contributed by atoms with Gasteiger partial charge in [0.1, 0.15) is 11.1 Å². The number of hydrogen-bond donors (Lipinski definition) is 0. The molecule has 14 heavy (non-hydrogen) atoms. The van der Waals surface area contributed by atoms with Crippen LogP contribution in [0.2, 0.25) is 0 Å². The molecule has 2 unspecified atom stereocenters. The van der Waals surface area contributed by atoms with Gasteiger partial charge in [0.05, 0.1) is 16.0 Å². The van der Waals surface area contributed by atoms with Gasteiger partial charge in [-0.3, -0.25) is 0 Å². The van der Waals surface area contributed by atoms with E-state index in [2.05, 4.69) is 0 Å². The second kappa shape index (κ2) is 3.44. The zero-order valence-corrected chi connectivity index (χ0v) is 8.70. The van der Waals surface area contributed by atoms with E-state index >= 15 is 0 Å². The van der Waals surface area contributed by atoms with Gasteiger partial charge in [-0.2, -0.15) is 0 Å². The molecule has 1 aliphatic rings. The van der Waals surface area contributed by atoms with Gasteiger partial charge in [0.25, 0.3) is 5.69 Å². The van der Waals surface area contributed by atoms with Crippen molar-refractivity contribution in [3.8, 4) is 0 Å². The molecule has 0 saturated carbocycles. The smallest absolute Gasteiger partial charge is 0.277 e. The van der Waals surface area contributed by atoms with E-state index < -0.39 is 10.8 Å². The van der Waals surface area contributed by atoms with Crippen LogP contribution in [0.15, 0.2) is 12.4 Å². The van der Waals surface area contributed by atoms with Crippen molar-refractivity contribution in [2.24, 2.45) is 0 Å². The number of rotatable bonds is 0. The van der Waals surface area contributed by atoms with Gasteiger partial charge in [-0.1, -0.05) is 0 Å². The molecule has 0 aromatic carbocycles. The molecule has 0 radical (unpaired) electrons. The van der Waals surface area contributed by atoms with Crippen LogP contribution in [0, 0.1) is 10.1 Å². The second-order valence-corrected chi connectivity index (χ2v) is 4.29. The predicted molar refractivity (Wildman–Crippen MR) is 53.0 cm³/mol. The molecule has 2 rings (SSSR count). The van der Waals surface area contributed by atoms with E-state index in [1.807, 2.05) is 0 Å². The molecule has 6 heteroatoms. The standard InChI is InChI=1S/C8H8Cl2N2O2/c9-5-1-2-6(10)8-7(5)11(13)3-4-12(8)14/h3-6H,1-2H2. The molecular weight excluding hydrogens is 227 g/mol. The van der Waals surface area contributed by atoms with Crippen molar-refractivity contribution >= 4 is 23.2 Å². The van der Waals surface area contributed by atoms with Crippen LogP contribution in [0.25, 0.3) is 0 Å². The molecule has 2 atom stereocenters. The van der Waals surface area contributed by atoms with Crippen molar-refractivity contribution in [1.82, 2.24) is 4.73 Å². The number of nitrogens with zero attached hydrogens (tertiary/aromatic N) is 2. The first-order valence-corrected chi connectivity index (χ1v) is 5.12. The van der Waals surface area contributed by atoms with E-state index in [9.17, 15) is 10.1 Å². The SMILES string of the molecule is O=[n+]1ccn([O-])c2c1C(Cl)CCC2Cl. The van der Waals surface area contributed by atoms with Crippen LogP contribution in [0.5, 0.6) is 0 Å². The van der Waals surface area contributed by atoms with E-state index in [0.717, 1.165) is 12.4 Å². The topological polar surface area (TPSA) is 51.0 Å². The van der Waals surface area contributed by atoms with E-state index in [-0.39, 0.29) is 11.4 Å². The third kappa shape index (κ3) is 1.38. The molecule has 76 valence electrons. The second-order valence-electron chi connectivity index (χ2n) is 3.23. The zero-order chi connectivity index (χ0) is 10.3. The minimum atomic E-state index is -0.418. The van der Waals surface area contributed by atoms with Crippen molar-refractivity contribution in [3.63, 3.8) is 0 Å². The lowest BCUT2D eigenvalue weighted by Crippen LogP contribution is -2.30. The Morgan fingerprint density at radius 3 is 2.71 bits per heavy atom. The molecule has 0 spiro atoms. The van der Waals surface area contributed by atoms with Gasteiger partial charge in [-0.15, -0.1) is 23.2 Å². The minimum Gasteiger partial charge on any atom is -0.805 e. The predicted octanol–water partition coefficient (Wildman–Crippen LogP) is 2.10. The summed E-state index contributed by atoms with van der Waals surface area (Å²) in [5.41, 5.74) is 0.575. The summed E-state index contributed by atoms with van der Waals surface area (Å²) < 4.78 is 1.24. The summed E-state index contributed by atoms with van der Waals surface area (Å²) in [4.78, 5) is 11.4. The first-order valence-electron chi connectivity index (χ1n) is 4.24. The van der Waals surface area contributed by atoms with Crippen molar-refractivity contribution in [1.29, 1.82) is 0 Å². The lowest BCUT2D eigenvalue weighted by molar-refractivity contribution is -0.507. The van der Waals surface area contributed by atoms with Crippen LogP contribution in [0.4, 0.5) is 0 Å². The number of alkyl halides is 2. The average molecular weight is 235 g/mol. The first-order chi connectivity index (χ1) is 6.61. The van der Waals surface area contributed by atoms with E-state index in [0.29, 0.717) is 22.0 Å². The monoisotopic (exact) mass is 234 g/mol. The highest BCUT2D eigenvalue weighted by molar-refractivity contribution is 6.23. The Kier molecular flexibility index (Phi) is 2.41. The van der Waals surface area contributed by atoms with Crippen LogP contribution in [-0.4, -0.2) is 4.73 Å². The fourth-order valence-electron chi connectivity index (χ4n) is 1.67. The van der Waals surface area contributed by atoms with Crippen LogP contribution < -0.4 is 4.43 Å². The van der Waals surface area contributed by atoms with E-state index in [1.54, 1.807) is 0 Å². The maximum Gasteiger partial charge on any atom is 0.277 e. The number of fused-ring (bicyclic) bond motifs is 1. The van der Waals surface area contributed by atoms with E-state index in [1.165, 1.54) is 0 Å². The fourth-order valence-corrected chi connectivity index (χ4v) is 2.34. The number of halogens is 2. The summed E-state index contributed by atoms with van der Waals surface area (Å²) in [6.45, 7) is 0. The van der Waals surface area contributed by atoms with Crippen molar-refractivity contribution in [3.05, 3.63) is 33.9 Å². The third-order valence-electron chi connectivity index (χ3n) is 2.34. The molecule has 0 bridgehead atoms. The molecule has 1 aromatic heterocycles. The van der Waals surface area contributed by atoms with E-state index in [4.69, 9.17) is 23.2 Å². The Morgan fingerprint density at radius 2 is 2.07 bits per heavy atom. The average Bonchev–Trinajstić information content (AvgIpc) is 2.16. The normalized spacial score (nSPS) is 25.9. The molecule has 0 amide bonds. The summed E-state index contributed by atoms with van der Waals surface area (Å²) in [5.74, 6) is 0. The summed E-state index contributed by atoms with van der Waals surface area (Å²) in [5, 5.41) is 10.6. The summed E-state index contributed by atoms with van der Waals surface area (Å²) >= 11 is 11.9. The largest absolute Gasteiger partial charge is 0.805 e. The number of aromatic nitrogens is 2. The Balaban J connectivity index is 2.71. The highest BCUT2D eigenvalue weighted by atomic mass is 35.5. The summed E-state index contributed by atoms with van der Waals surface area (Å²) in [7, 11) is 0. The molecule has 4 nitrogen and oxygen atoms in total. The van der Waals surface area contributed by atoms with Gasteiger partial charge in [-0.25, -0.2) is 0 Å². The molecule has 1 aromatic rings. The van der Waals surface area contributed by atoms with Gasteiger partial charge >= 0.3 is 0 Å². The van der Waals surface area contributed by atoms with Crippen molar-refractivity contribution < 1.29 is 4.43 Å². The van der Waals surface area contributed by atoms with Gasteiger partial charge < -0.3 is 9.94 Å². The molecule has 1 heterocycles. The molecule has 0 saturated heterocycles. The van der Waals surface area contributed by atoms with Crippen LogP contribution >= 0.6 is 23.2 Å². The Bertz CT molecular complexity index is 418. The van der Waals surface area contributed by atoms with Gasteiger partial charge in [0.2, 0.25) is 6.20 Å². The maximum atomic E-state index is 11.4. The van der Waals surface area contributed by atoms with Crippen molar-refractivity contribution in [2.75, 3.05) is 0 Å². The molecule has 0 N–H and O–H groups in total. The van der Waals surface area contributed by atoms with Gasteiger partial charge in [0, 0.05) is 4.91 Å². The number of hydrogen-bond acceptors (Lipinski definition) is 2. The van der Waals surface area contributed by atoms with Crippen molar-refractivity contribution in [2.45, 2.75) is 23.6 Å². The Morgan fingerprint density at radius 1 is 1.43 bits per heavy atom. The Labute approximate surface area is 90.2 Å². The summed E-state index contributed by atoms with van der Waals surface area (Å²) in [6, 6.07) is 0. The van der Waals surface area contributed by atoms with Crippen LogP contribution in [0.1, 0.15) is 35.0 Å². The fraction of sp³-hybridized carbons (Fsp3) is 0.500. The quantitative estimate of drug-likeness (QED) is 0.510. The van der Waals surface area contributed by atoms with Crippen LogP contribution in [0.3, 0.4) is 0 Å². The molecular formula is C8H8Cl2N2O2. The third-order valence-corrected chi connectivity index (χ3v) is 3.19. The minimum absolute atomic E-state index is 0.287. The molecule has 1 aliphatic carbocycles. The molecule has 0 aliphatic heterocycles. The zero-order valence-electron chi connectivity index (χ0n) is 7.19.